The van der Waals surface area contributed by atoms with Crippen LogP contribution in [-0.4, -0.2) is 9.97 Å². The highest BCUT2D eigenvalue weighted by molar-refractivity contribution is 5.71. The summed E-state index contributed by atoms with van der Waals surface area (Å²) < 4.78 is 0. The summed E-state index contributed by atoms with van der Waals surface area (Å²) in [5.41, 5.74) is 2.28. The summed E-state index contributed by atoms with van der Waals surface area (Å²) in [6.45, 7) is 2.08. The van der Waals surface area contributed by atoms with Gasteiger partial charge in [0.2, 0.25) is 0 Å². The van der Waals surface area contributed by atoms with Gasteiger partial charge in [-0.15, -0.1) is 0 Å². The van der Waals surface area contributed by atoms with Gasteiger partial charge in [-0.1, -0.05) is 29.8 Å². The lowest BCUT2D eigenvalue weighted by atomic mass is 10.2. The van der Waals surface area contributed by atoms with E-state index < -0.39 is 0 Å². The third kappa shape index (κ3) is 2.52. The lowest BCUT2D eigenvalue weighted by molar-refractivity contribution is 1.12. The van der Waals surface area contributed by atoms with Crippen molar-refractivity contribution in [3.63, 3.8) is 0 Å². The molecule has 2 heterocycles. The van der Waals surface area contributed by atoms with Crippen molar-refractivity contribution >= 4 is 17.3 Å². The molecule has 0 N–H and O–H groups in total. The van der Waals surface area contributed by atoms with Gasteiger partial charge in [0.05, 0.1) is 0 Å². The van der Waals surface area contributed by atoms with Gasteiger partial charge in [0.25, 0.3) is 0 Å². The SMILES string of the molecule is Cc1ccc(N(c2ccccn2)c2ccccn2)cc1. The quantitative estimate of drug-likeness (QED) is 0.705. The van der Waals surface area contributed by atoms with E-state index in [-0.39, 0.29) is 0 Å². The van der Waals surface area contributed by atoms with E-state index in [1.807, 2.05) is 41.3 Å². The number of anilines is 3. The molecule has 0 radical (unpaired) electrons. The van der Waals surface area contributed by atoms with Crippen LogP contribution in [-0.2, 0) is 0 Å². The van der Waals surface area contributed by atoms with E-state index >= 15 is 0 Å². The topological polar surface area (TPSA) is 29.0 Å². The van der Waals surface area contributed by atoms with Crippen molar-refractivity contribution in [3.05, 3.63) is 78.6 Å². The zero-order valence-electron chi connectivity index (χ0n) is 11.3. The second kappa shape index (κ2) is 5.53. The van der Waals surface area contributed by atoms with E-state index in [0.717, 1.165) is 17.3 Å². The molecule has 1 aromatic carbocycles. The predicted molar refractivity (Wildman–Crippen MR) is 81.5 cm³/mol. The van der Waals surface area contributed by atoms with Crippen LogP contribution in [0.2, 0.25) is 0 Å². The Morgan fingerprint density at radius 1 is 0.700 bits per heavy atom. The number of aryl methyl sites for hydroxylation is 1. The van der Waals surface area contributed by atoms with Gasteiger partial charge >= 0.3 is 0 Å². The molecule has 3 nitrogen and oxygen atoms in total. The van der Waals surface area contributed by atoms with Crippen LogP contribution >= 0.6 is 0 Å². The molecule has 3 heteroatoms. The van der Waals surface area contributed by atoms with Crippen LogP contribution in [0, 0.1) is 6.92 Å². The molecule has 0 amide bonds. The molecular weight excluding hydrogens is 246 g/mol. The van der Waals surface area contributed by atoms with Crippen molar-refractivity contribution < 1.29 is 0 Å². The van der Waals surface area contributed by atoms with Crippen LogP contribution < -0.4 is 4.90 Å². The average Bonchev–Trinajstić information content (AvgIpc) is 2.52. The number of hydrogen-bond donors (Lipinski definition) is 0. The van der Waals surface area contributed by atoms with Gasteiger partial charge < -0.3 is 0 Å². The first-order valence-corrected chi connectivity index (χ1v) is 6.53. The summed E-state index contributed by atoms with van der Waals surface area (Å²) in [5.74, 6) is 1.71. The normalized spacial score (nSPS) is 10.2. The Morgan fingerprint density at radius 3 is 1.70 bits per heavy atom. The summed E-state index contributed by atoms with van der Waals surface area (Å²) in [4.78, 5) is 10.9. The van der Waals surface area contributed by atoms with E-state index in [1.165, 1.54) is 5.56 Å². The molecule has 0 saturated carbocycles. The number of pyridine rings is 2. The molecule has 98 valence electrons. The minimum atomic E-state index is 0.857. The fourth-order valence-corrected chi connectivity index (χ4v) is 2.05. The Kier molecular flexibility index (Phi) is 3.42. The van der Waals surface area contributed by atoms with Crippen LogP contribution in [0.1, 0.15) is 5.56 Å². The summed E-state index contributed by atoms with van der Waals surface area (Å²) in [6.07, 6.45) is 3.58. The first-order chi connectivity index (χ1) is 9.84. The van der Waals surface area contributed by atoms with Crippen LogP contribution in [0.3, 0.4) is 0 Å². The van der Waals surface area contributed by atoms with Crippen molar-refractivity contribution in [2.75, 3.05) is 4.90 Å². The molecular formula is C17H15N3. The zero-order valence-corrected chi connectivity index (χ0v) is 11.3. The van der Waals surface area contributed by atoms with Crippen LogP contribution in [0.4, 0.5) is 17.3 Å². The fraction of sp³-hybridized carbons (Fsp3) is 0.0588. The van der Waals surface area contributed by atoms with E-state index in [1.54, 1.807) is 12.4 Å². The van der Waals surface area contributed by atoms with E-state index in [2.05, 4.69) is 41.2 Å². The monoisotopic (exact) mass is 261 g/mol. The van der Waals surface area contributed by atoms with Gasteiger partial charge in [0.1, 0.15) is 11.6 Å². The standard InChI is InChI=1S/C17H15N3/c1-14-8-10-15(11-9-14)20(16-6-2-4-12-18-16)17-7-3-5-13-19-17/h2-13H,1H3. The summed E-state index contributed by atoms with van der Waals surface area (Å²) in [7, 11) is 0. The Balaban J connectivity index is 2.11. The van der Waals surface area contributed by atoms with Gasteiger partial charge in [0, 0.05) is 18.1 Å². The third-order valence-corrected chi connectivity index (χ3v) is 3.05. The van der Waals surface area contributed by atoms with Crippen molar-refractivity contribution in [2.24, 2.45) is 0 Å². The molecule has 0 aliphatic carbocycles. The minimum Gasteiger partial charge on any atom is -0.279 e. The van der Waals surface area contributed by atoms with Gasteiger partial charge in [0.15, 0.2) is 0 Å². The second-order valence-corrected chi connectivity index (χ2v) is 4.55. The molecule has 0 fully saturated rings. The van der Waals surface area contributed by atoms with Crippen molar-refractivity contribution in [1.82, 2.24) is 9.97 Å². The highest BCUT2D eigenvalue weighted by atomic mass is 15.2. The molecule has 3 rings (SSSR count). The number of aromatic nitrogens is 2. The molecule has 20 heavy (non-hydrogen) atoms. The highest BCUT2D eigenvalue weighted by Crippen LogP contribution is 2.31. The van der Waals surface area contributed by atoms with Crippen LogP contribution in [0.5, 0.6) is 0 Å². The molecule has 0 atom stereocenters. The molecule has 0 aliphatic heterocycles. The molecule has 0 unspecified atom stereocenters. The Morgan fingerprint density at radius 2 is 1.25 bits per heavy atom. The first-order valence-electron chi connectivity index (χ1n) is 6.53. The zero-order chi connectivity index (χ0) is 13.8. The van der Waals surface area contributed by atoms with E-state index in [0.29, 0.717) is 0 Å². The molecule has 2 aromatic heterocycles. The van der Waals surface area contributed by atoms with Crippen LogP contribution in [0.15, 0.2) is 73.1 Å². The fourth-order valence-electron chi connectivity index (χ4n) is 2.05. The van der Waals surface area contributed by atoms with Gasteiger partial charge in [-0.05, 0) is 43.3 Å². The Labute approximate surface area is 118 Å². The number of nitrogens with zero attached hydrogens (tertiary/aromatic N) is 3. The summed E-state index contributed by atoms with van der Waals surface area (Å²) in [5, 5.41) is 0. The van der Waals surface area contributed by atoms with Gasteiger partial charge in [-0.25, -0.2) is 9.97 Å². The third-order valence-electron chi connectivity index (χ3n) is 3.05. The average molecular weight is 261 g/mol. The van der Waals surface area contributed by atoms with Crippen molar-refractivity contribution in [3.8, 4) is 0 Å². The predicted octanol–water partition coefficient (Wildman–Crippen LogP) is 4.25. The molecule has 3 aromatic rings. The number of rotatable bonds is 3. The van der Waals surface area contributed by atoms with E-state index in [4.69, 9.17) is 0 Å². The largest absolute Gasteiger partial charge is 0.279 e. The van der Waals surface area contributed by atoms with Crippen LogP contribution in [0.25, 0.3) is 0 Å². The number of hydrogen-bond acceptors (Lipinski definition) is 3. The first kappa shape index (κ1) is 12.4. The molecule has 0 bridgehead atoms. The maximum Gasteiger partial charge on any atom is 0.138 e. The Hall–Kier alpha value is -2.68. The maximum absolute atomic E-state index is 4.44. The lowest BCUT2D eigenvalue weighted by Gasteiger charge is -2.22. The van der Waals surface area contributed by atoms with Gasteiger partial charge in [-0.2, -0.15) is 0 Å². The van der Waals surface area contributed by atoms with Gasteiger partial charge in [-0.3, -0.25) is 4.90 Å². The van der Waals surface area contributed by atoms with Crippen molar-refractivity contribution in [2.45, 2.75) is 6.92 Å². The second-order valence-electron chi connectivity index (χ2n) is 4.55. The van der Waals surface area contributed by atoms with Crippen molar-refractivity contribution in [1.29, 1.82) is 0 Å². The molecule has 0 saturated heterocycles. The highest BCUT2D eigenvalue weighted by Gasteiger charge is 2.13. The smallest absolute Gasteiger partial charge is 0.138 e. The minimum absolute atomic E-state index is 0.857. The summed E-state index contributed by atoms with van der Waals surface area (Å²) in [6, 6.07) is 20.1. The molecule has 0 spiro atoms. The maximum atomic E-state index is 4.44. The number of benzene rings is 1. The Bertz CT molecular complexity index is 624. The van der Waals surface area contributed by atoms with E-state index in [9.17, 15) is 0 Å². The lowest BCUT2D eigenvalue weighted by Crippen LogP contribution is -2.12. The molecule has 0 aliphatic rings. The summed E-state index contributed by atoms with van der Waals surface area (Å²) >= 11 is 0.